The molecule has 0 saturated carbocycles. The van der Waals surface area contributed by atoms with Gasteiger partial charge in [0.15, 0.2) is 5.60 Å². The van der Waals surface area contributed by atoms with Crippen LogP contribution in [0.2, 0.25) is 0 Å². The van der Waals surface area contributed by atoms with E-state index in [-0.39, 0.29) is 11.9 Å². The smallest absolute Gasteiger partial charge is 0.319 e. The number of aromatic nitrogens is 1. The largest absolute Gasteiger partial charge is 0.386 e. The number of carbonyl (C=O) groups is 2. The molecule has 1 saturated heterocycles. The molecule has 0 bridgehead atoms. The Hall–Kier alpha value is -2.64. The Kier molecular flexibility index (Phi) is 5.11. The van der Waals surface area contributed by atoms with Gasteiger partial charge in [0, 0.05) is 40.3 Å². The molecule has 2 aliphatic heterocycles. The fourth-order valence-corrected chi connectivity index (χ4v) is 3.43. The Balaban J connectivity index is 1.61. The molecule has 26 heavy (non-hydrogen) atoms. The molecule has 1 fully saturated rings. The molecule has 0 aliphatic carbocycles. The Labute approximate surface area is 153 Å². The quantitative estimate of drug-likeness (QED) is 0.816. The van der Waals surface area contributed by atoms with Gasteiger partial charge in [-0.15, -0.1) is 0 Å². The Morgan fingerprint density at radius 2 is 2.12 bits per heavy atom. The summed E-state index contributed by atoms with van der Waals surface area (Å²) in [4.78, 5) is 39.8. The average Bonchev–Trinajstić information content (AvgIpc) is 3.04. The third kappa shape index (κ3) is 3.79. The third-order valence-corrected chi connectivity index (χ3v) is 4.75. The highest BCUT2D eigenvalue weighted by atomic mass is 16.7. The first-order chi connectivity index (χ1) is 12.4. The number of hydrogen-bond acceptors (Lipinski definition) is 5. The number of hydrogen-bond donors (Lipinski definition) is 0. The summed E-state index contributed by atoms with van der Waals surface area (Å²) in [6.45, 7) is 1.57. The average molecular weight is 359 g/mol. The van der Waals surface area contributed by atoms with Crippen LogP contribution in [-0.2, 0) is 16.2 Å². The third-order valence-electron chi connectivity index (χ3n) is 4.75. The second-order valence-corrected chi connectivity index (χ2v) is 7.17. The fraction of sp³-hybridized carbons (Fsp3) is 0.556. The van der Waals surface area contributed by atoms with E-state index in [4.69, 9.17) is 4.84 Å². The van der Waals surface area contributed by atoms with Crippen LogP contribution in [0.25, 0.3) is 0 Å². The molecule has 1 spiro atoms. The van der Waals surface area contributed by atoms with E-state index in [9.17, 15) is 9.59 Å². The van der Waals surface area contributed by atoms with Crippen LogP contribution in [0.4, 0.5) is 4.79 Å². The number of oxime groups is 1. The number of rotatable bonds is 3. The molecule has 3 amide bonds. The first kappa shape index (κ1) is 18.2. The van der Waals surface area contributed by atoms with E-state index in [1.165, 1.54) is 0 Å². The molecule has 3 rings (SSSR count). The topological polar surface area (TPSA) is 78.3 Å². The Morgan fingerprint density at radius 1 is 1.31 bits per heavy atom. The molecule has 140 valence electrons. The summed E-state index contributed by atoms with van der Waals surface area (Å²) in [5.41, 5.74) is 0.640. The van der Waals surface area contributed by atoms with Crippen LogP contribution in [0, 0.1) is 0 Å². The lowest BCUT2D eigenvalue weighted by molar-refractivity contribution is -0.123. The van der Waals surface area contributed by atoms with E-state index < -0.39 is 5.60 Å². The maximum absolute atomic E-state index is 12.7. The van der Waals surface area contributed by atoms with Crippen molar-refractivity contribution >= 4 is 17.6 Å². The summed E-state index contributed by atoms with van der Waals surface area (Å²) < 4.78 is 0. The summed E-state index contributed by atoms with van der Waals surface area (Å²) in [5.74, 6) is -0.163. The molecule has 1 atom stereocenters. The molecule has 0 N–H and O–H groups in total. The zero-order chi connectivity index (χ0) is 18.7. The van der Waals surface area contributed by atoms with Gasteiger partial charge in [0.1, 0.15) is 5.71 Å². The van der Waals surface area contributed by atoms with Crippen LogP contribution in [-0.4, -0.2) is 77.2 Å². The van der Waals surface area contributed by atoms with Gasteiger partial charge in [-0.2, -0.15) is 0 Å². The van der Waals surface area contributed by atoms with E-state index in [1.807, 2.05) is 18.2 Å². The first-order valence-corrected chi connectivity index (χ1v) is 8.77. The van der Waals surface area contributed by atoms with E-state index in [0.717, 1.165) is 18.5 Å². The van der Waals surface area contributed by atoms with Crippen LogP contribution in [0.15, 0.2) is 29.6 Å². The van der Waals surface area contributed by atoms with Gasteiger partial charge in [-0.1, -0.05) is 11.2 Å². The molecule has 8 heteroatoms. The van der Waals surface area contributed by atoms with E-state index >= 15 is 0 Å². The van der Waals surface area contributed by atoms with Crippen LogP contribution in [0.3, 0.4) is 0 Å². The number of piperidine rings is 1. The Morgan fingerprint density at radius 3 is 2.81 bits per heavy atom. The molecular formula is C18H25N5O3. The van der Waals surface area contributed by atoms with Gasteiger partial charge in [0.2, 0.25) is 0 Å². The predicted octanol–water partition coefficient (Wildman–Crippen LogP) is 1.33. The van der Waals surface area contributed by atoms with Crippen molar-refractivity contribution in [1.29, 1.82) is 0 Å². The highest BCUT2D eigenvalue weighted by Crippen LogP contribution is 2.34. The second kappa shape index (κ2) is 7.31. The summed E-state index contributed by atoms with van der Waals surface area (Å²) in [6, 6.07) is 5.57. The van der Waals surface area contributed by atoms with Crippen molar-refractivity contribution in [3.63, 3.8) is 0 Å². The van der Waals surface area contributed by atoms with Gasteiger partial charge in [-0.05, 0) is 25.0 Å². The van der Waals surface area contributed by atoms with Gasteiger partial charge >= 0.3 is 6.03 Å². The lowest BCUT2D eigenvalue weighted by atomic mass is 9.88. The molecule has 1 aromatic heterocycles. The molecule has 1 aromatic rings. The summed E-state index contributed by atoms with van der Waals surface area (Å²) >= 11 is 0. The molecule has 0 aromatic carbocycles. The van der Waals surface area contributed by atoms with Gasteiger partial charge in [-0.25, -0.2) is 4.79 Å². The van der Waals surface area contributed by atoms with Crippen molar-refractivity contribution in [2.75, 3.05) is 34.2 Å². The summed E-state index contributed by atoms with van der Waals surface area (Å²) in [5, 5.41) is 4.07. The number of amides is 3. The van der Waals surface area contributed by atoms with Crippen LogP contribution < -0.4 is 0 Å². The normalized spacial score (nSPS) is 22.0. The minimum absolute atomic E-state index is 0.0419. The molecule has 0 unspecified atom stereocenters. The first-order valence-electron chi connectivity index (χ1n) is 8.77. The van der Waals surface area contributed by atoms with Crippen LogP contribution in [0.5, 0.6) is 0 Å². The summed E-state index contributed by atoms with van der Waals surface area (Å²) in [7, 11) is 5.20. The number of likely N-dealkylation sites (tertiary alicyclic amines) is 1. The van der Waals surface area contributed by atoms with Gasteiger partial charge in [0.25, 0.3) is 5.91 Å². The van der Waals surface area contributed by atoms with Crippen LogP contribution in [0.1, 0.15) is 25.0 Å². The fourth-order valence-electron chi connectivity index (χ4n) is 3.43. The lowest BCUT2D eigenvalue weighted by Crippen LogP contribution is -2.53. The van der Waals surface area contributed by atoms with E-state index in [1.54, 1.807) is 42.0 Å². The standard InChI is InChI=1S/C18H25N5O3/c1-21(2)17(25)23-10-6-8-18(13-23)11-15(20-26-18)16(24)22(3)12-14-7-4-5-9-19-14/h4-5,7,9H,6,8,10-13H2,1-3H3/t18-/m1/s1. The van der Waals surface area contributed by atoms with Gasteiger partial charge in [-0.3, -0.25) is 9.78 Å². The minimum Gasteiger partial charge on any atom is -0.386 e. The molecule has 0 radical (unpaired) electrons. The maximum atomic E-state index is 12.7. The van der Waals surface area contributed by atoms with Crippen molar-refractivity contribution < 1.29 is 14.4 Å². The van der Waals surface area contributed by atoms with E-state index in [0.29, 0.717) is 31.8 Å². The number of pyridine rings is 1. The maximum Gasteiger partial charge on any atom is 0.319 e. The number of urea groups is 1. The van der Waals surface area contributed by atoms with Crippen molar-refractivity contribution in [2.24, 2.45) is 5.16 Å². The SMILES string of the molecule is CN(C)C(=O)N1CCC[C@@]2(CC(C(=O)N(C)Cc3ccccn3)=NO2)C1. The highest BCUT2D eigenvalue weighted by molar-refractivity contribution is 6.39. The van der Waals surface area contributed by atoms with Crippen molar-refractivity contribution in [1.82, 2.24) is 19.7 Å². The number of nitrogens with zero attached hydrogens (tertiary/aromatic N) is 5. The number of carbonyl (C=O) groups excluding carboxylic acids is 2. The molecule has 8 nitrogen and oxygen atoms in total. The van der Waals surface area contributed by atoms with Crippen molar-refractivity contribution in [2.45, 2.75) is 31.4 Å². The zero-order valence-corrected chi connectivity index (χ0v) is 15.5. The Bertz CT molecular complexity index is 706. The van der Waals surface area contributed by atoms with Crippen molar-refractivity contribution in [3.8, 4) is 0 Å². The molecule has 3 heterocycles. The summed E-state index contributed by atoms with van der Waals surface area (Å²) in [6.07, 6.45) is 3.75. The van der Waals surface area contributed by atoms with Crippen LogP contribution >= 0.6 is 0 Å². The monoisotopic (exact) mass is 359 g/mol. The highest BCUT2D eigenvalue weighted by Gasteiger charge is 2.46. The molecule has 2 aliphatic rings. The minimum atomic E-state index is -0.583. The van der Waals surface area contributed by atoms with Crippen molar-refractivity contribution in [3.05, 3.63) is 30.1 Å². The van der Waals surface area contributed by atoms with E-state index in [2.05, 4.69) is 10.1 Å². The van der Waals surface area contributed by atoms with Gasteiger partial charge in [0.05, 0.1) is 18.8 Å². The lowest BCUT2D eigenvalue weighted by Gasteiger charge is -2.39. The predicted molar refractivity (Wildman–Crippen MR) is 96.5 cm³/mol. The second-order valence-electron chi connectivity index (χ2n) is 7.17. The molecular weight excluding hydrogens is 334 g/mol. The zero-order valence-electron chi connectivity index (χ0n) is 15.5. The van der Waals surface area contributed by atoms with Gasteiger partial charge < -0.3 is 19.5 Å².